The Balaban J connectivity index is 1.94. The lowest BCUT2D eigenvalue weighted by atomic mass is 10.1. The summed E-state index contributed by atoms with van der Waals surface area (Å²) in [7, 11) is -4.15. The summed E-state index contributed by atoms with van der Waals surface area (Å²) in [6.45, 7) is 3.35. The minimum Gasteiger partial charge on any atom is -0.274 e. The number of sulfonamides is 1. The van der Waals surface area contributed by atoms with Gasteiger partial charge in [0, 0.05) is 11.1 Å². The maximum absolute atomic E-state index is 14.4. The number of rotatable bonds is 3. The molecule has 0 radical (unpaired) electrons. The van der Waals surface area contributed by atoms with Crippen LogP contribution in [-0.4, -0.2) is 8.42 Å². The second-order valence-corrected chi connectivity index (χ2v) is 7.96. The third-order valence-electron chi connectivity index (χ3n) is 4.04. The van der Waals surface area contributed by atoms with Gasteiger partial charge in [-0.25, -0.2) is 17.2 Å². The average molecular weight is 397 g/mol. The van der Waals surface area contributed by atoms with E-state index in [0.29, 0.717) is 11.1 Å². The van der Waals surface area contributed by atoms with Crippen LogP contribution in [0.1, 0.15) is 22.3 Å². The van der Waals surface area contributed by atoms with Gasteiger partial charge in [0.1, 0.15) is 5.69 Å². The maximum atomic E-state index is 14.4. The van der Waals surface area contributed by atoms with Gasteiger partial charge in [0.2, 0.25) is 0 Å². The third-order valence-corrected chi connectivity index (χ3v) is 5.53. The highest BCUT2D eigenvalue weighted by Gasteiger charge is 2.21. The Kier molecular flexibility index (Phi) is 5.48. The van der Waals surface area contributed by atoms with Gasteiger partial charge in [-0.2, -0.15) is 0 Å². The zero-order chi connectivity index (χ0) is 20.3. The van der Waals surface area contributed by atoms with Crippen LogP contribution in [0.3, 0.4) is 0 Å². The molecule has 1 N–H and O–H groups in total. The first-order valence-electron chi connectivity index (χ1n) is 8.42. The zero-order valence-electron chi connectivity index (χ0n) is 15.3. The maximum Gasteiger partial charge on any atom is 0.262 e. The molecule has 0 aliphatic heterocycles. The summed E-state index contributed by atoms with van der Waals surface area (Å²) in [5, 5.41) is 0. The van der Waals surface area contributed by atoms with Crippen molar-refractivity contribution in [2.45, 2.75) is 18.7 Å². The van der Waals surface area contributed by atoms with Gasteiger partial charge in [-0.3, -0.25) is 4.72 Å². The number of anilines is 1. The van der Waals surface area contributed by atoms with Crippen molar-refractivity contribution >= 4 is 15.7 Å². The van der Waals surface area contributed by atoms with Gasteiger partial charge in [-0.05, 0) is 55.3 Å². The molecule has 0 spiro atoms. The van der Waals surface area contributed by atoms with E-state index in [4.69, 9.17) is 0 Å². The van der Waals surface area contributed by atoms with Crippen molar-refractivity contribution in [1.29, 1.82) is 0 Å². The molecule has 3 nitrogen and oxygen atoms in total. The monoisotopic (exact) mass is 397 g/mol. The molecule has 0 atom stereocenters. The lowest BCUT2D eigenvalue weighted by Crippen LogP contribution is -2.16. The fourth-order valence-corrected chi connectivity index (χ4v) is 4.00. The Morgan fingerprint density at radius 2 is 1.43 bits per heavy atom. The van der Waals surface area contributed by atoms with Crippen LogP contribution in [0, 0.1) is 37.3 Å². The Morgan fingerprint density at radius 3 is 2.07 bits per heavy atom. The minimum absolute atomic E-state index is 0.0285. The molecule has 0 fully saturated rings. The van der Waals surface area contributed by atoms with Gasteiger partial charge in [0.15, 0.2) is 11.6 Å². The second-order valence-electron chi connectivity index (χ2n) is 6.31. The predicted octanol–water partition coefficient (Wildman–Crippen LogP) is 4.78. The molecule has 3 rings (SSSR count). The molecule has 0 saturated carbocycles. The number of aryl methyl sites for hydroxylation is 2. The minimum atomic E-state index is -4.15. The normalized spacial score (nSPS) is 10.9. The molecule has 3 aromatic rings. The van der Waals surface area contributed by atoms with Crippen molar-refractivity contribution in [3.8, 4) is 11.8 Å². The van der Waals surface area contributed by atoms with E-state index in [1.807, 2.05) is 10.8 Å². The molecule has 0 heterocycles. The molecule has 0 aliphatic carbocycles. The number of halogens is 2. The van der Waals surface area contributed by atoms with Crippen molar-refractivity contribution in [2.24, 2.45) is 0 Å². The molecule has 0 aliphatic rings. The van der Waals surface area contributed by atoms with E-state index in [1.54, 1.807) is 50.2 Å². The standard InChI is InChI=1S/C22H17F2NO2S/c1-15-8-9-16(2)21(12-15)28(26,27)25-22-19(23)13-18(14-20(22)24)11-10-17-6-4-3-5-7-17/h3-9,12-14,25H,1-2H3. The van der Waals surface area contributed by atoms with E-state index in [2.05, 4.69) is 11.8 Å². The topological polar surface area (TPSA) is 46.2 Å². The summed E-state index contributed by atoms with van der Waals surface area (Å²) in [6, 6.07) is 15.8. The first-order valence-corrected chi connectivity index (χ1v) is 9.91. The summed E-state index contributed by atoms with van der Waals surface area (Å²) >= 11 is 0. The van der Waals surface area contributed by atoms with E-state index in [-0.39, 0.29) is 10.5 Å². The summed E-state index contributed by atoms with van der Waals surface area (Å²) in [4.78, 5) is -0.0285. The fourth-order valence-electron chi connectivity index (χ4n) is 2.59. The summed E-state index contributed by atoms with van der Waals surface area (Å²) in [6.07, 6.45) is 0. The van der Waals surface area contributed by atoms with E-state index in [9.17, 15) is 17.2 Å². The largest absolute Gasteiger partial charge is 0.274 e. The molecule has 0 bridgehead atoms. The summed E-state index contributed by atoms with van der Waals surface area (Å²) in [5.74, 6) is 3.40. The Hall–Kier alpha value is -3.17. The molecule has 0 amide bonds. The van der Waals surface area contributed by atoms with Crippen LogP contribution in [-0.2, 0) is 10.0 Å². The molecular weight excluding hydrogens is 380 g/mol. The van der Waals surface area contributed by atoms with E-state index in [1.165, 1.54) is 6.07 Å². The quantitative estimate of drug-likeness (QED) is 0.647. The molecule has 0 aromatic heterocycles. The molecular formula is C22H17F2NO2S. The van der Waals surface area contributed by atoms with Crippen LogP contribution in [0.15, 0.2) is 65.6 Å². The summed E-state index contributed by atoms with van der Waals surface area (Å²) in [5.41, 5.74) is 1.27. The van der Waals surface area contributed by atoms with E-state index in [0.717, 1.165) is 17.7 Å². The molecule has 3 aromatic carbocycles. The summed E-state index contributed by atoms with van der Waals surface area (Å²) < 4.78 is 56.1. The van der Waals surface area contributed by atoms with Gasteiger partial charge in [-0.1, -0.05) is 42.2 Å². The lowest BCUT2D eigenvalue weighted by molar-refractivity contribution is 0.582. The van der Waals surface area contributed by atoms with Crippen LogP contribution >= 0.6 is 0 Å². The van der Waals surface area contributed by atoms with Crippen molar-refractivity contribution < 1.29 is 17.2 Å². The van der Waals surface area contributed by atoms with Gasteiger partial charge in [0.05, 0.1) is 4.90 Å². The van der Waals surface area contributed by atoms with Crippen LogP contribution in [0.25, 0.3) is 0 Å². The van der Waals surface area contributed by atoms with Crippen LogP contribution in [0.4, 0.5) is 14.5 Å². The Labute approximate surface area is 163 Å². The molecule has 142 valence electrons. The first-order chi connectivity index (χ1) is 13.3. The van der Waals surface area contributed by atoms with Gasteiger partial charge in [-0.15, -0.1) is 0 Å². The zero-order valence-corrected chi connectivity index (χ0v) is 16.1. The van der Waals surface area contributed by atoms with Crippen LogP contribution in [0.2, 0.25) is 0 Å². The highest BCUT2D eigenvalue weighted by Crippen LogP contribution is 2.25. The predicted molar refractivity (Wildman–Crippen MR) is 106 cm³/mol. The Morgan fingerprint density at radius 1 is 0.821 bits per heavy atom. The van der Waals surface area contributed by atoms with Crippen molar-refractivity contribution in [3.63, 3.8) is 0 Å². The van der Waals surface area contributed by atoms with Gasteiger partial charge < -0.3 is 0 Å². The highest BCUT2D eigenvalue weighted by atomic mass is 32.2. The smallest absolute Gasteiger partial charge is 0.262 e. The van der Waals surface area contributed by atoms with Gasteiger partial charge in [0.25, 0.3) is 10.0 Å². The Bertz CT molecular complexity index is 1170. The number of hydrogen-bond donors (Lipinski definition) is 1. The number of benzene rings is 3. The number of hydrogen-bond acceptors (Lipinski definition) is 2. The number of nitrogens with one attached hydrogen (secondary N) is 1. The van der Waals surface area contributed by atoms with Crippen molar-refractivity contribution in [1.82, 2.24) is 0 Å². The lowest BCUT2D eigenvalue weighted by Gasteiger charge is -2.12. The molecule has 0 unspecified atom stereocenters. The van der Waals surface area contributed by atoms with E-state index >= 15 is 0 Å². The van der Waals surface area contributed by atoms with Crippen molar-refractivity contribution in [2.75, 3.05) is 4.72 Å². The van der Waals surface area contributed by atoms with E-state index < -0.39 is 27.3 Å². The fraction of sp³-hybridized carbons (Fsp3) is 0.0909. The average Bonchev–Trinajstić information content (AvgIpc) is 2.66. The highest BCUT2D eigenvalue weighted by molar-refractivity contribution is 7.92. The third kappa shape index (κ3) is 4.38. The van der Waals surface area contributed by atoms with Crippen LogP contribution < -0.4 is 4.72 Å². The molecule has 28 heavy (non-hydrogen) atoms. The SMILES string of the molecule is Cc1ccc(C)c(S(=O)(=O)Nc2c(F)cc(C#Cc3ccccc3)cc2F)c1. The van der Waals surface area contributed by atoms with Gasteiger partial charge >= 0.3 is 0 Å². The second kappa shape index (κ2) is 7.83. The van der Waals surface area contributed by atoms with Crippen molar-refractivity contribution in [3.05, 3.63) is 94.6 Å². The first kappa shape index (κ1) is 19.6. The van der Waals surface area contributed by atoms with Crippen LogP contribution in [0.5, 0.6) is 0 Å². The molecule has 0 saturated heterocycles. The molecule has 6 heteroatoms.